The van der Waals surface area contributed by atoms with Crippen molar-refractivity contribution in [2.24, 2.45) is 0 Å². The van der Waals surface area contributed by atoms with Crippen LogP contribution in [0.15, 0.2) is 115 Å². The van der Waals surface area contributed by atoms with E-state index in [9.17, 15) is 0 Å². The Morgan fingerprint density at radius 1 is 0.431 bits per heavy atom. The molecular formula is C50H74O2Si6. The van der Waals surface area contributed by atoms with Crippen molar-refractivity contribution in [1.29, 1.82) is 0 Å². The summed E-state index contributed by atoms with van der Waals surface area (Å²) in [7, 11) is -6.50. The zero-order valence-electron chi connectivity index (χ0n) is 38.3. The molecule has 0 atom stereocenters. The van der Waals surface area contributed by atoms with Gasteiger partial charge in [-0.25, -0.2) is 0 Å². The van der Waals surface area contributed by atoms with Crippen LogP contribution in [0.25, 0.3) is 0 Å². The molecule has 310 valence electrons. The zero-order valence-corrected chi connectivity index (χ0v) is 45.0. The van der Waals surface area contributed by atoms with Crippen LogP contribution in [0, 0.1) is 0 Å². The second-order valence-corrected chi connectivity index (χ2v) is 41.2. The largest absolute Gasteiger partial charge is 0.494 e. The van der Waals surface area contributed by atoms with Crippen LogP contribution in [0.1, 0.15) is 36.5 Å². The molecular weight excluding hydrogens is 801 g/mol. The normalized spacial score (nSPS) is 12.6. The van der Waals surface area contributed by atoms with Crippen molar-refractivity contribution in [2.75, 3.05) is 13.2 Å². The van der Waals surface area contributed by atoms with Crippen molar-refractivity contribution in [1.82, 2.24) is 0 Å². The van der Waals surface area contributed by atoms with Gasteiger partial charge < -0.3 is 9.47 Å². The monoisotopic (exact) mass is 874 g/mol. The molecule has 5 aromatic rings. The number of rotatable bonds is 19. The number of hydrogen-bond acceptors (Lipinski definition) is 2. The van der Waals surface area contributed by atoms with E-state index in [1.54, 1.807) is 31.1 Å². The third kappa shape index (κ3) is 11.6. The van der Waals surface area contributed by atoms with Crippen LogP contribution in [0.4, 0.5) is 0 Å². The highest BCUT2D eigenvalue weighted by molar-refractivity contribution is 6.91. The Kier molecular flexibility index (Phi) is 15.9. The van der Waals surface area contributed by atoms with Crippen molar-refractivity contribution in [3.05, 3.63) is 132 Å². The van der Waals surface area contributed by atoms with Gasteiger partial charge in [-0.2, -0.15) is 0 Å². The van der Waals surface area contributed by atoms with E-state index in [4.69, 9.17) is 9.47 Å². The van der Waals surface area contributed by atoms with Crippen LogP contribution in [0.5, 0.6) is 11.5 Å². The van der Waals surface area contributed by atoms with Gasteiger partial charge in [0.15, 0.2) is 0 Å². The number of hydrogen-bond donors (Lipinski definition) is 0. The summed E-state index contributed by atoms with van der Waals surface area (Å²) in [5, 5.41) is 9.90. The van der Waals surface area contributed by atoms with Gasteiger partial charge in [-0.05, 0) is 60.7 Å². The molecule has 8 heteroatoms. The molecule has 0 aliphatic rings. The summed E-state index contributed by atoms with van der Waals surface area (Å²) in [4.78, 5) is 0. The van der Waals surface area contributed by atoms with E-state index in [1.807, 2.05) is 0 Å². The summed E-state index contributed by atoms with van der Waals surface area (Å²) in [6.07, 6.45) is 2.17. The van der Waals surface area contributed by atoms with Crippen LogP contribution >= 0.6 is 0 Å². The molecule has 0 amide bonds. The Morgan fingerprint density at radius 2 is 0.741 bits per heavy atom. The molecule has 0 N–H and O–H groups in total. The Bertz CT molecular complexity index is 1880. The average molecular weight is 876 g/mol. The van der Waals surface area contributed by atoms with E-state index < -0.39 is 51.3 Å². The lowest BCUT2D eigenvalue weighted by Gasteiger charge is -2.32. The lowest BCUT2D eigenvalue weighted by Crippen LogP contribution is -2.47. The van der Waals surface area contributed by atoms with Crippen molar-refractivity contribution >= 4 is 82.5 Å². The molecule has 0 saturated carbocycles. The van der Waals surface area contributed by atoms with Gasteiger partial charge in [0, 0.05) is 5.41 Å². The van der Waals surface area contributed by atoms with Gasteiger partial charge in [-0.3, -0.25) is 0 Å². The van der Waals surface area contributed by atoms with Crippen LogP contribution in [0.2, 0.25) is 90.7 Å². The predicted molar refractivity (Wildman–Crippen MR) is 276 cm³/mol. The van der Waals surface area contributed by atoms with Gasteiger partial charge in [-0.1, -0.05) is 213 Å². The Hall–Kier alpha value is -3.00. The van der Waals surface area contributed by atoms with Crippen LogP contribution in [0.3, 0.4) is 0 Å². The third-order valence-electron chi connectivity index (χ3n) is 12.8. The number of benzene rings is 5. The van der Waals surface area contributed by atoms with Gasteiger partial charge in [0.1, 0.15) is 11.5 Å². The highest BCUT2D eigenvalue weighted by atomic mass is 28.3. The van der Waals surface area contributed by atoms with E-state index >= 15 is 0 Å². The fourth-order valence-electron chi connectivity index (χ4n) is 8.21. The highest BCUT2D eigenvalue weighted by Crippen LogP contribution is 2.40. The number of ether oxygens (including phenoxy) is 2. The minimum absolute atomic E-state index is 0.320. The molecule has 0 aromatic heterocycles. The van der Waals surface area contributed by atoms with Crippen molar-refractivity contribution in [3.8, 4) is 11.5 Å². The van der Waals surface area contributed by atoms with Crippen molar-refractivity contribution in [2.45, 2.75) is 116 Å². The SMILES string of the molecule is C[SiH](C)c1cc([SiH](C)C)cc([Si](C)(C)CCCOc2ccc(C(C)(c3ccccc3)c3ccc(OCCC[Si](C)(C)c4cc([SiH](C)C)cc([SiH](C)C)c4)cc3)cc2)c1. The first-order valence-corrected chi connectivity index (χ1v) is 40.2. The van der Waals surface area contributed by atoms with Crippen LogP contribution in [-0.4, -0.2) is 64.5 Å². The summed E-state index contributed by atoms with van der Waals surface area (Å²) >= 11 is 0. The molecule has 2 nitrogen and oxygen atoms in total. The van der Waals surface area contributed by atoms with Crippen LogP contribution in [-0.2, 0) is 5.41 Å². The Balaban J connectivity index is 1.22. The minimum Gasteiger partial charge on any atom is -0.494 e. The topological polar surface area (TPSA) is 18.5 Å². The summed E-state index contributed by atoms with van der Waals surface area (Å²) in [6, 6.07) is 46.5. The molecule has 0 fully saturated rings. The van der Waals surface area contributed by atoms with E-state index in [-0.39, 0.29) is 5.41 Å². The standard InChI is InChI=1S/C50H74O2Si6/c1-50(39-19-15-14-16-20-39,40-21-25-42(26-22-40)51-29-17-31-57(10,11)48-35-44(53(2)3)33-45(36-48)54(4)5)41-23-27-43(28-24-41)52-30-18-32-58(12,13)49-37-46(55(6)7)34-47(38-49)56(8)9/h14-16,19-28,33-38,53-56H,17-18,29-32H2,1-13H3. The zero-order chi connectivity index (χ0) is 42.3. The molecule has 58 heavy (non-hydrogen) atoms. The fraction of sp³-hybridized carbons (Fsp3) is 0.400. The first kappa shape index (κ1) is 46.1. The lowest BCUT2D eigenvalue weighted by atomic mass is 9.71. The highest BCUT2D eigenvalue weighted by Gasteiger charge is 2.32. The summed E-state index contributed by atoms with van der Waals surface area (Å²) < 4.78 is 12.8. The second kappa shape index (κ2) is 20.0. The quantitative estimate of drug-likeness (QED) is 0.0471. The van der Waals surface area contributed by atoms with E-state index in [1.165, 1.54) is 28.8 Å². The van der Waals surface area contributed by atoms with Crippen LogP contribution < -0.4 is 40.6 Å². The van der Waals surface area contributed by atoms with E-state index in [0.717, 1.165) is 37.6 Å². The van der Waals surface area contributed by atoms with Gasteiger partial charge in [-0.15, -0.1) is 0 Å². The molecule has 0 saturated heterocycles. The van der Waals surface area contributed by atoms with Gasteiger partial charge in [0.2, 0.25) is 0 Å². The molecule has 5 rings (SSSR count). The third-order valence-corrected chi connectivity index (χ3v) is 26.4. The van der Waals surface area contributed by atoms with E-state index in [2.05, 4.69) is 201 Å². The maximum atomic E-state index is 6.40. The molecule has 0 aliphatic carbocycles. The van der Waals surface area contributed by atoms with Gasteiger partial charge >= 0.3 is 0 Å². The maximum Gasteiger partial charge on any atom is 0.119 e. The molecule has 5 aromatic carbocycles. The first-order valence-electron chi connectivity index (χ1n) is 22.2. The van der Waals surface area contributed by atoms with Gasteiger partial charge in [0.25, 0.3) is 0 Å². The molecule has 0 radical (unpaired) electrons. The Morgan fingerprint density at radius 3 is 1.05 bits per heavy atom. The smallest absolute Gasteiger partial charge is 0.119 e. The molecule has 0 unspecified atom stereocenters. The minimum atomic E-state index is -1.57. The summed E-state index contributed by atoms with van der Waals surface area (Å²) in [5.41, 5.74) is 3.47. The molecule has 0 aliphatic heterocycles. The maximum absolute atomic E-state index is 6.40. The van der Waals surface area contributed by atoms with Crippen molar-refractivity contribution < 1.29 is 9.47 Å². The summed E-state index contributed by atoms with van der Waals surface area (Å²) in [5.74, 6) is 1.90. The first-order chi connectivity index (χ1) is 27.4. The van der Waals surface area contributed by atoms with Gasteiger partial charge in [0.05, 0.1) is 64.5 Å². The molecule has 0 heterocycles. The average Bonchev–Trinajstić information content (AvgIpc) is 3.21. The fourth-order valence-corrected chi connectivity index (χ4v) is 18.3. The predicted octanol–water partition coefficient (Wildman–Crippen LogP) is 8.58. The molecule has 0 spiro atoms. The molecule has 0 bridgehead atoms. The van der Waals surface area contributed by atoms with Crippen molar-refractivity contribution in [3.63, 3.8) is 0 Å². The Labute approximate surface area is 362 Å². The lowest BCUT2D eigenvalue weighted by molar-refractivity contribution is 0.316. The second-order valence-electron chi connectivity index (χ2n) is 19.6. The summed E-state index contributed by atoms with van der Waals surface area (Å²) in [6.45, 7) is 33.8. The van der Waals surface area contributed by atoms with E-state index in [0.29, 0.717) is 0 Å².